The first-order valence-corrected chi connectivity index (χ1v) is 5.23. The molecule has 0 aromatic carbocycles. The summed E-state index contributed by atoms with van der Waals surface area (Å²) in [5.41, 5.74) is 0. The van der Waals surface area contributed by atoms with Crippen LogP contribution in [-0.2, 0) is 0 Å². The smallest absolute Gasteiger partial charge is 0.158 e. The van der Waals surface area contributed by atoms with Crippen molar-refractivity contribution in [2.45, 2.75) is 16.3 Å². The molecule has 6 heteroatoms. The molecule has 0 aliphatic heterocycles. The summed E-state index contributed by atoms with van der Waals surface area (Å²) in [5, 5.41) is 17.4. The molecule has 2 heterocycles. The molecule has 2 aromatic heterocycles. The van der Waals surface area contributed by atoms with E-state index < -0.39 is 0 Å². The van der Waals surface area contributed by atoms with E-state index in [0.29, 0.717) is 0 Å². The highest BCUT2D eigenvalue weighted by atomic mass is 32.2. The second-order valence-electron chi connectivity index (χ2n) is 2.25. The lowest BCUT2D eigenvalue weighted by atomic mass is 10.6. The molecular weight excluding hydrogens is 204 g/mol. The topological polar surface area (TPSA) is 51.6 Å². The first-order valence-electron chi connectivity index (χ1n) is 3.60. The Kier molecular flexibility index (Phi) is 2.51. The van der Waals surface area contributed by atoms with E-state index in [4.69, 9.17) is 0 Å². The van der Waals surface area contributed by atoms with Gasteiger partial charge >= 0.3 is 0 Å². The fraction of sp³-hybridized carbons (Fsp3) is 0.143. The van der Waals surface area contributed by atoms with Gasteiger partial charge in [0.25, 0.3) is 0 Å². The van der Waals surface area contributed by atoms with Crippen LogP contribution < -0.4 is 0 Å². The molecule has 13 heavy (non-hydrogen) atoms. The average molecular weight is 210 g/mol. The molecule has 0 aliphatic carbocycles. The van der Waals surface area contributed by atoms with E-state index in [0.717, 1.165) is 14.4 Å². The predicted octanol–water partition coefficient (Wildman–Crippen LogP) is 1.79. The van der Waals surface area contributed by atoms with Gasteiger partial charge in [-0.15, -0.1) is 15.3 Å². The highest BCUT2D eigenvalue weighted by Crippen LogP contribution is 2.27. The third-order valence-electron chi connectivity index (χ3n) is 1.25. The fourth-order valence-corrected chi connectivity index (χ4v) is 2.45. The minimum Gasteiger partial charge on any atom is -0.158 e. The van der Waals surface area contributed by atoms with Crippen LogP contribution in [0, 0.1) is 6.92 Å². The van der Waals surface area contributed by atoms with E-state index in [-0.39, 0.29) is 0 Å². The molecule has 0 bridgehead atoms. The number of nitrogens with zero attached hydrogens (tertiary/aromatic N) is 4. The van der Waals surface area contributed by atoms with E-state index in [1.807, 2.05) is 19.1 Å². The Balaban J connectivity index is 2.15. The van der Waals surface area contributed by atoms with Crippen molar-refractivity contribution in [2.24, 2.45) is 0 Å². The largest absolute Gasteiger partial charge is 0.180 e. The molecule has 66 valence electrons. The fourth-order valence-electron chi connectivity index (χ4n) is 0.751. The van der Waals surface area contributed by atoms with Crippen LogP contribution in [-0.4, -0.2) is 20.4 Å². The van der Waals surface area contributed by atoms with Gasteiger partial charge in [-0.3, -0.25) is 0 Å². The van der Waals surface area contributed by atoms with Gasteiger partial charge < -0.3 is 0 Å². The maximum Gasteiger partial charge on any atom is 0.180 e. The van der Waals surface area contributed by atoms with Gasteiger partial charge in [-0.05, 0) is 30.8 Å². The summed E-state index contributed by atoms with van der Waals surface area (Å²) in [6.45, 7) is 1.93. The molecule has 2 aromatic rings. The van der Waals surface area contributed by atoms with Crippen LogP contribution in [0.1, 0.15) is 5.01 Å². The van der Waals surface area contributed by atoms with E-state index in [1.54, 1.807) is 17.5 Å². The van der Waals surface area contributed by atoms with Gasteiger partial charge in [-0.2, -0.15) is 5.10 Å². The third kappa shape index (κ3) is 2.22. The van der Waals surface area contributed by atoms with Crippen molar-refractivity contribution in [3.8, 4) is 0 Å². The van der Waals surface area contributed by atoms with E-state index in [2.05, 4.69) is 20.4 Å². The van der Waals surface area contributed by atoms with Gasteiger partial charge in [0.1, 0.15) is 10.0 Å². The Morgan fingerprint density at radius 2 is 2.23 bits per heavy atom. The SMILES string of the molecule is Cc1nnc(Sc2cccnn2)s1. The quantitative estimate of drug-likeness (QED) is 0.756. The first kappa shape index (κ1) is 8.58. The Morgan fingerprint density at radius 1 is 1.31 bits per heavy atom. The number of rotatable bonds is 2. The minimum atomic E-state index is 0.846. The molecule has 0 unspecified atom stereocenters. The van der Waals surface area contributed by atoms with Crippen LogP contribution in [0.2, 0.25) is 0 Å². The van der Waals surface area contributed by atoms with E-state index in [9.17, 15) is 0 Å². The predicted molar refractivity (Wildman–Crippen MR) is 50.8 cm³/mol. The van der Waals surface area contributed by atoms with Crippen LogP contribution >= 0.6 is 23.1 Å². The number of hydrogen-bond donors (Lipinski definition) is 0. The van der Waals surface area contributed by atoms with Gasteiger partial charge in [-0.25, -0.2) is 0 Å². The summed E-state index contributed by atoms with van der Waals surface area (Å²) in [4.78, 5) is 0. The highest BCUT2D eigenvalue weighted by Gasteiger charge is 2.03. The molecule has 2 rings (SSSR count). The Morgan fingerprint density at radius 3 is 2.85 bits per heavy atom. The zero-order valence-corrected chi connectivity index (χ0v) is 8.47. The van der Waals surface area contributed by atoms with Gasteiger partial charge in [0.15, 0.2) is 4.34 Å². The molecule has 0 spiro atoms. The lowest BCUT2D eigenvalue weighted by Crippen LogP contribution is -1.81. The van der Waals surface area contributed by atoms with Crippen LogP contribution in [0.3, 0.4) is 0 Å². The third-order valence-corrected chi connectivity index (χ3v) is 3.06. The normalized spacial score (nSPS) is 10.2. The van der Waals surface area contributed by atoms with Crippen molar-refractivity contribution in [1.29, 1.82) is 0 Å². The van der Waals surface area contributed by atoms with Crippen LogP contribution in [0.4, 0.5) is 0 Å². The number of hydrogen-bond acceptors (Lipinski definition) is 6. The average Bonchev–Trinajstić information content (AvgIpc) is 2.53. The van der Waals surface area contributed by atoms with Gasteiger partial charge in [0.05, 0.1) is 0 Å². The summed E-state index contributed by atoms with van der Waals surface area (Å²) in [6, 6.07) is 3.75. The van der Waals surface area contributed by atoms with E-state index >= 15 is 0 Å². The highest BCUT2D eigenvalue weighted by molar-refractivity contribution is 8.01. The summed E-state index contributed by atoms with van der Waals surface area (Å²) in [7, 11) is 0. The van der Waals surface area contributed by atoms with Gasteiger partial charge in [0.2, 0.25) is 0 Å². The standard InChI is InChI=1S/C7H6N4S2/c1-5-9-11-7(12-5)13-6-3-2-4-8-10-6/h2-4H,1H3. The summed E-state index contributed by atoms with van der Waals surface area (Å²) >= 11 is 3.04. The molecule has 0 saturated carbocycles. The maximum absolute atomic E-state index is 3.97. The molecular formula is C7H6N4S2. The Labute approximate surface area is 83.4 Å². The van der Waals surface area contributed by atoms with Crippen LogP contribution in [0.25, 0.3) is 0 Å². The van der Waals surface area contributed by atoms with Crippen molar-refractivity contribution in [2.75, 3.05) is 0 Å². The number of aryl methyl sites for hydroxylation is 1. The van der Waals surface area contributed by atoms with Crippen molar-refractivity contribution >= 4 is 23.1 Å². The Bertz CT molecular complexity index is 386. The lowest BCUT2D eigenvalue weighted by molar-refractivity contribution is 0.923. The zero-order chi connectivity index (χ0) is 9.10. The maximum atomic E-state index is 3.97. The van der Waals surface area contributed by atoms with Crippen molar-refractivity contribution in [1.82, 2.24) is 20.4 Å². The van der Waals surface area contributed by atoms with Crippen molar-refractivity contribution in [3.63, 3.8) is 0 Å². The summed E-state index contributed by atoms with van der Waals surface area (Å²) in [5.74, 6) is 0. The Hall–Kier alpha value is -1.01. The van der Waals surface area contributed by atoms with Crippen LogP contribution in [0.5, 0.6) is 0 Å². The summed E-state index contributed by atoms with van der Waals surface area (Å²) in [6.07, 6.45) is 1.65. The number of aromatic nitrogens is 4. The van der Waals surface area contributed by atoms with Gasteiger partial charge in [-0.1, -0.05) is 11.3 Å². The lowest BCUT2D eigenvalue weighted by Gasteiger charge is -1.91. The molecule has 4 nitrogen and oxygen atoms in total. The van der Waals surface area contributed by atoms with Crippen LogP contribution in [0.15, 0.2) is 27.7 Å². The zero-order valence-electron chi connectivity index (χ0n) is 6.84. The molecule has 0 saturated heterocycles. The first-order chi connectivity index (χ1) is 6.34. The molecule has 0 radical (unpaired) electrons. The molecule has 0 aliphatic rings. The second kappa shape index (κ2) is 3.80. The molecule has 0 N–H and O–H groups in total. The second-order valence-corrected chi connectivity index (χ2v) is 4.70. The monoisotopic (exact) mass is 210 g/mol. The molecule has 0 atom stereocenters. The molecule has 0 amide bonds. The van der Waals surface area contributed by atoms with E-state index in [1.165, 1.54) is 11.8 Å². The molecule has 0 fully saturated rings. The van der Waals surface area contributed by atoms with Crippen molar-refractivity contribution in [3.05, 3.63) is 23.3 Å². The minimum absolute atomic E-state index is 0.846. The summed E-state index contributed by atoms with van der Waals surface area (Å²) < 4.78 is 0.901. The van der Waals surface area contributed by atoms with Gasteiger partial charge in [0, 0.05) is 6.20 Å². The van der Waals surface area contributed by atoms with Crippen molar-refractivity contribution < 1.29 is 0 Å².